The summed E-state index contributed by atoms with van der Waals surface area (Å²) in [6.45, 7) is 4.41. The minimum absolute atomic E-state index is 0.198. The number of methoxy groups -OCH3 is 1. The second-order valence-electron chi connectivity index (χ2n) is 9.08. The van der Waals surface area contributed by atoms with E-state index in [4.69, 9.17) is 4.74 Å². The molecule has 37 heavy (non-hydrogen) atoms. The van der Waals surface area contributed by atoms with Crippen LogP contribution in [0.15, 0.2) is 66.9 Å². The van der Waals surface area contributed by atoms with Gasteiger partial charge in [-0.25, -0.2) is 4.79 Å². The van der Waals surface area contributed by atoms with Crippen molar-refractivity contribution in [3.05, 3.63) is 83.7 Å². The summed E-state index contributed by atoms with van der Waals surface area (Å²) in [6, 6.07) is 14.3. The van der Waals surface area contributed by atoms with Crippen molar-refractivity contribution in [2.75, 3.05) is 25.5 Å². The fraction of sp³-hybridized carbons (Fsp3) is 0.333. The molecule has 0 bridgehead atoms. The summed E-state index contributed by atoms with van der Waals surface area (Å²) in [5, 5.41) is 2.61. The standard InChI is InChI=1S/C27H29F3N4O3/c1-18(2)34(26(36)31-20-12-10-19(11-13-20)27(28,29)30)17-24(35)33-16-15-32-14-6-8-22(32)25(33)21-7-4-5-9-23(21)37-3/h4-14,18,25H,15-17H2,1-3H3,(H,31,36). The van der Waals surface area contributed by atoms with Crippen LogP contribution >= 0.6 is 0 Å². The SMILES string of the molecule is COc1ccccc1C1c2cccn2CCN1C(=O)CN(C(=O)Nc1ccc(C(F)(F)F)cc1)C(C)C. The molecule has 0 spiro atoms. The average molecular weight is 515 g/mol. The zero-order valence-electron chi connectivity index (χ0n) is 20.8. The molecule has 0 saturated heterocycles. The molecule has 10 heteroatoms. The van der Waals surface area contributed by atoms with Crippen LogP contribution in [0.2, 0.25) is 0 Å². The molecule has 3 aromatic rings. The lowest BCUT2D eigenvalue weighted by Crippen LogP contribution is -2.50. The lowest BCUT2D eigenvalue weighted by molar-refractivity contribution is -0.137. The van der Waals surface area contributed by atoms with Gasteiger partial charge in [0.1, 0.15) is 18.3 Å². The summed E-state index contributed by atoms with van der Waals surface area (Å²) in [7, 11) is 1.58. The molecule has 3 amide bonds. The van der Waals surface area contributed by atoms with Crippen LogP contribution in [0.4, 0.5) is 23.7 Å². The number of benzene rings is 2. The summed E-state index contributed by atoms with van der Waals surface area (Å²) in [4.78, 5) is 29.8. The average Bonchev–Trinajstić information content (AvgIpc) is 3.35. The Bertz CT molecular complexity index is 1250. The van der Waals surface area contributed by atoms with E-state index in [9.17, 15) is 22.8 Å². The van der Waals surface area contributed by atoms with E-state index in [0.29, 0.717) is 18.8 Å². The number of carbonyl (C=O) groups is 2. The molecule has 1 atom stereocenters. The fourth-order valence-electron chi connectivity index (χ4n) is 4.53. The molecule has 0 saturated carbocycles. The predicted octanol–water partition coefficient (Wildman–Crippen LogP) is 5.39. The van der Waals surface area contributed by atoms with Crippen LogP contribution in [0.25, 0.3) is 0 Å². The first-order valence-electron chi connectivity index (χ1n) is 11.9. The molecular formula is C27H29F3N4O3. The van der Waals surface area contributed by atoms with Gasteiger partial charge in [0.05, 0.1) is 12.7 Å². The van der Waals surface area contributed by atoms with Crippen LogP contribution in [-0.4, -0.2) is 52.5 Å². The van der Waals surface area contributed by atoms with Gasteiger partial charge in [0.15, 0.2) is 0 Å². The Morgan fingerprint density at radius 2 is 1.76 bits per heavy atom. The molecule has 0 fully saturated rings. The van der Waals surface area contributed by atoms with E-state index in [1.165, 1.54) is 17.0 Å². The van der Waals surface area contributed by atoms with Gasteiger partial charge in [-0.05, 0) is 56.3 Å². The number of nitrogens with one attached hydrogen (secondary N) is 1. The summed E-state index contributed by atoms with van der Waals surface area (Å²) in [5.74, 6) is 0.403. The molecule has 1 aromatic heterocycles. The van der Waals surface area contributed by atoms with Crippen molar-refractivity contribution in [2.24, 2.45) is 0 Å². The lowest BCUT2D eigenvalue weighted by atomic mass is 9.98. The molecule has 1 unspecified atom stereocenters. The highest BCUT2D eigenvalue weighted by Crippen LogP contribution is 2.37. The van der Waals surface area contributed by atoms with E-state index in [1.807, 2.05) is 42.6 Å². The van der Waals surface area contributed by atoms with Crippen LogP contribution in [0.3, 0.4) is 0 Å². The Morgan fingerprint density at radius 3 is 2.41 bits per heavy atom. The van der Waals surface area contributed by atoms with E-state index in [1.54, 1.807) is 25.9 Å². The third-order valence-electron chi connectivity index (χ3n) is 6.45. The predicted molar refractivity (Wildman–Crippen MR) is 133 cm³/mol. The topological polar surface area (TPSA) is 66.8 Å². The van der Waals surface area contributed by atoms with Gasteiger partial charge in [0, 0.05) is 42.3 Å². The van der Waals surface area contributed by atoms with E-state index in [-0.39, 0.29) is 24.2 Å². The number of carbonyl (C=O) groups excluding carboxylic acids is 2. The molecule has 7 nitrogen and oxygen atoms in total. The number of rotatable bonds is 6. The molecule has 4 rings (SSSR count). The summed E-state index contributed by atoms with van der Waals surface area (Å²) in [5.41, 5.74) is 1.18. The largest absolute Gasteiger partial charge is 0.496 e. The van der Waals surface area contributed by atoms with E-state index >= 15 is 0 Å². The van der Waals surface area contributed by atoms with Crippen LogP contribution in [0.5, 0.6) is 5.75 Å². The number of fused-ring (bicyclic) bond motifs is 1. The summed E-state index contributed by atoms with van der Waals surface area (Å²) >= 11 is 0. The molecule has 0 radical (unpaired) electrons. The zero-order valence-corrected chi connectivity index (χ0v) is 20.8. The van der Waals surface area contributed by atoms with E-state index in [0.717, 1.165) is 23.4 Å². The number of alkyl halides is 3. The molecule has 1 N–H and O–H groups in total. The monoisotopic (exact) mass is 514 g/mol. The number of anilines is 1. The molecule has 1 aliphatic rings. The first-order chi connectivity index (χ1) is 17.6. The number of nitrogens with zero attached hydrogens (tertiary/aromatic N) is 3. The van der Waals surface area contributed by atoms with Gasteiger partial charge in [0.25, 0.3) is 0 Å². The number of amides is 3. The lowest BCUT2D eigenvalue weighted by Gasteiger charge is -2.39. The van der Waals surface area contributed by atoms with Crippen LogP contribution in [-0.2, 0) is 17.5 Å². The first kappa shape index (κ1) is 26.1. The van der Waals surface area contributed by atoms with Crippen molar-refractivity contribution >= 4 is 17.6 Å². The highest BCUT2D eigenvalue weighted by Gasteiger charge is 2.35. The van der Waals surface area contributed by atoms with Gasteiger partial charge in [-0.2, -0.15) is 13.2 Å². The maximum Gasteiger partial charge on any atom is 0.416 e. The molecule has 196 valence electrons. The molecular weight excluding hydrogens is 485 g/mol. The quantitative estimate of drug-likeness (QED) is 0.480. The number of halogens is 3. The van der Waals surface area contributed by atoms with Gasteiger partial charge < -0.3 is 24.4 Å². The van der Waals surface area contributed by atoms with Crippen molar-refractivity contribution in [3.63, 3.8) is 0 Å². The highest BCUT2D eigenvalue weighted by molar-refractivity contribution is 5.92. The minimum Gasteiger partial charge on any atom is -0.496 e. The van der Waals surface area contributed by atoms with E-state index in [2.05, 4.69) is 9.88 Å². The van der Waals surface area contributed by atoms with Crippen molar-refractivity contribution in [2.45, 2.75) is 38.7 Å². The molecule has 2 heterocycles. The number of hydrogen-bond donors (Lipinski definition) is 1. The summed E-state index contributed by atoms with van der Waals surface area (Å²) < 4.78 is 46.3. The van der Waals surface area contributed by atoms with Crippen molar-refractivity contribution in [3.8, 4) is 5.75 Å². The maximum atomic E-state index is 13.7. The summed E-state index contributed by atoms with van der Waals surface area (Å²) in [6.07, 6.45) is -2.50. The number of ether oxygens (including phenoxy) is 1. The van der Waals surface area contributed by atoms with Crippen LogP contribution in [0.1, 0.15) is 36.7 Å². The highest BCUT2D eigenvalue weighted by atomic mass is 19.4. The van der Waals surface area contributed by atoms with Crippen LogP contribution in [0, 0.1) is 0 Å². The Labute approximate surface area is 213 Å². The number of hydrogen-bond acceptors (Lipinski definition) is 3. The number of urea groups is 1. The molecule has 0 aliphatic carbocycles. The minimum atomic E-state index is -4.47. The van der Waals surface area contributed by atoms with Gasteiger partial charge >= 0.3 is 12.2 Å². The fourth-order valence-corrected chi connectivity index (χ4v) is 4.53. The van der Waals surface area contributed by atoms with E-state index < -0.39 is 23.8 Å². The van der Waals surface area contributed by atoms with Gasteiger partial charge in [-0.3, -0.25) is 4.79 Å². The van der Waals surface area contributed by atoms with Crippen molar-refractivity contribution in [1.82, 2.24) is 14.4 Å². The smallest absolute Gasteiger partial charge is 0.416 e. The Hall–Kier alpha value is -3.95. The molecule has 2 aromatic carbocycles. The van der Waals surface area contributed by atoms with Crippen molar-refractivity contribution in [1.29, 1.82) is 0 Å². The Balaban J connectivity index is 1.55. The first-order valence-corrected chi connectivity index (χ1v) is 11.9. The van der Waals surface area contributed by atoms with Crippen LogP contribution < -0.4 is 10.1 Å². The number of aromatic nitrogens is 1. The maximum absolute atomic E-state index is 13.7. The number of para-hydroxylation sites is 1. The second kappa shape index (κ2) is 10.6. The third kappa shape index (κ3) is 5.58. The second-order valence-corrected chi connectivity index (χ2v) is 9.08. The third-order valence-corrected chi connectivity index (χ3v) is 6.45. The van der Waals surface area contributed by atoms with Crippen molar-refractivity contribution < 1.29 is 27.5 Å². The Morgan fingerprint density at radius 1 is 1.05 bits per heavy atom. The Kier molecular flexibility index (Phi) is 7.47. The van der Waals surface area contributed by atoms with Gasteiger partial charge in [-0.15, -0.1) is 0 Å². The van der Waals surface area contributed by atoms with Gasteiger partial charge in [0.2, 0.25) is 5.91 Å². The molecule has 1 aliphatic heterocycles. The van der Waals surface area contributed by atoms with Gasteiger partial charge in [-0.1, -0.05) is 18.2 Å². The zero-order chi connectivity index (χ0) is 26.7. The normalized spacial score (nSPS) is 15.3.